The first kappa shape index (κ1) is 20.8. The van der Waals surface area contributed by atoms with Crippen LogP contribution in [0.25, 0.3) is 0 Å². The zero-order valence-electron chi connectivity index (χ0n) is 14.9. The number of quaternary nitrogens is 1. The second kappa shape index (κ2) is 8.19. The molecule has 152 valence electrons. The third kappa shape index (κ3) is 4.07. The van der Waals surface area contributed by atoms with Crippen LogP contribution in [0.1, 0.15) is 6.92 Å². The van der Waals surface area contributed by atoms with Crippen molar-refractivity contribution >= 4 is 33.0 Å². The molecule has 2 aromatic rings. The van der Waals surface area contributed by atoms with E-state index in [1.54, 1.807) is 24.4 Å². The van der Waals surface area contributed by atoms with E-state index in [1.165, 1.54) is 4.31 Å². The summed E-state index contributed by atoms with van der Waals surface area (Å²) >= 11 is 1.15. The van der Waals surface area contributed by atoms with Crippen molar-refractivity contribution in [2.45, 2.75) is 17.2 Å². The molecular formula is C17H19F3N3O3S2+. The van der Waals surface area contributed by atoms with Gasteiger partial charge in [-0.15, -0.1) is 11.3 Å². The van der Waals surface area contributed by atoms with E-state index in [-0.39, 0.29) is 17.3 Å². The van der Waals surface area contributed by atoms with Gasteiger partial charge in [0.15, 0.2) is 23.5 Å². The average molecular weight is 434 g/mol. The smallest absolute Gasteiger partial charge is 0.282 e. The Hall–Kier alpha value is -1.95. The molecule has 0 aliphatic carbocycles. The second-order valence-electron chi connectivity index (χ2n) is 6.43. The Morgan fingerprint density at radius 2 is 1.86 bits per heavy atom. The maximum absolute atomic E-state index is 13.7. The van der Waals surface area contributed by atoms with Crippen molar-refractivity contribution in [3.63, 3.8) is 0 Å². The summed E-state index contributed by atoms with van der Waals surface area (Å²) in [7, 11) is -3.54. The highest BCUT2D eigenvalue weighted by atomic mass is 32.2. The summed E-state index contributed by atoms with van der Waals surface area (Å²) in [6.07, 6.45) is 0. The van der Waals surface area contributed by atoms with E-state index in [2.05, 4.69) is 5.32 Å². The lowest BCUT2D eigenvalue weighted by atomic mass is 10.2. The minimum Gasteiger partial charge on any atom is -0.323 e. The molecule has 11 heteroatoms. The molecular weight excluding hydrogens is 415 g/mol. The van der Waals surface area contributed by atoms with Crippen LogP contribution in [0.3, 0.4) is 0 Å². The van der Waals surface area contributed by atoms with Gasteiger partial charge in [-0.2, -0.15) is 4.31 Å². The van der Waals surface area contributed by atoms with Crippen molar-refractivity contribution in [2.75, 3.05) is 31.5 Å². The van der Waals surface area contributed by atoms with Gasteiger partial charge in [-0.1, -0.05) is 6.07 Å². The van der Waals surface area contributed by atoms with Crippen molar-refractivity contribution in [1.29, 1.82) is 0 Å². The molecule has 2 heterocycles. The summed E-state index contributed by atoms with van der Waals surface area (Å²) in [6, 6.07) is 4.28. The molecule has 0 unspecified atom stereocenters. The first-order chi connectivity index (χ1) is 13.2. The van der Waals surface area contributed by atoms with Crippen molar-refractivity contribution < 1.29 is 31.3 Å². The van der Waals surface area contributed by atoms with Crippen LogP contribution in [0.15, 0.2) is 33.9 Å². The van der Waals surface area contributed by atoms with E-state index in [4.69, 9.17) is 0 Å². The zero-order chi connectivity index (χ0) is 20.5. The maximum atomic E-state index is 13.7. The number of amides is 1. The average Bonchev–Trinajstić information content (AvgIpc) is 3.23. The van der Waals surface area contributed by atoms with Crippen molar-refractivity contribution in [3.05, 3.63) is 47.1 Å². The quantitative estimate of drug-likeness (QED) is 0.692. The number of piperazine rings is 1. The van der Waals surface area contributed by atoms with E-state index in [0.29, 0.717) is 13.1 Å². The molecule has 1 aromatic heterocycles. The third-order valence-electron chi connectivity index (χ3n) is 4.75. The van der Waals surface area contributed by atoms with E-state index in [1.807, 2.05) is 0 Å². The largest absolute Gasteiger partial charge is 0.323 e. The topological polar surface area (TPSA) is 70.9 Å². The molecule has 1 saturated heterocycles. The Bertz CT molecular complexity index is 960. The summed E-state index contributed by atoms with van der Waals surface area (Å²) in [5, 5.41) is 3.96. The number of hydrogen-bond acceptors (Lipinski definition) is 4. The molecule has 1 aliphatic rings. The molecule has 1 aromatic carbocycles. The van der Waals surface area contributed by atoms with E-state index < -0.39 is 45.1 Å². The molecule has 1 atom stereocenters. The minimum absolute atomic E-state index is 0.243. The normalized spacial score (nSPS) is 17.4. The Kier molecular flexibility index (Phi) is 6.08. The zero-order valence-corrected chi connectivity index (χ0v) is 16.5. The standard InChI is InChI=1S/C17H18F3N3O3S2/c1-11(17(24)21-13-5-4-12(18)15(19)16(13)20)22-6-8-23(9-7-22)28(25,26)14-3-2-10-27-14/h2-5,10-11H,6-9H2,1H3,(H,21,24)/p+1/t11-/m1/s1. The molecule has 0 saturated carbocycles. The number of rotatable bonds is 5. The number of anilines is 1. The van der Waals surface area contributed by atoms with Gasteiger partial charge in [0, 0.05) is 0 Å². The highest BCUT2D eigenvalue weighted by Crippen LogP contribution is 2.21. The summed E-state index contributed by atoms with van der Waals surface area (Å²) < 4.78 is 66.8. The molecule has 6 nitrogen and oxygen atoms in total. The van der Waals surface area contributed by atoms with Gasteiger partial charge in [0.2, 0.25) is 0 Å². The number of nitrogens with zero attached hydrogens (tertiary/aromatic N) is 1. The van der Waals surface area contributed by atoms with Crippen molar-refractivity contribution in [3.8, 4) is 0 Å². The lowest BCUT2D eigenvalue weighted by Gasteiger charge is -2.33. The fraction of sp³-hybridized carbons (Fsp3) is 0.353. The van der Waals surface area contributed by atoms with Gasteiger partial charge < -0.3 is 10.2 Å². The lowest BCUT2D eigenvalue weighted by molar-refractivity contribution is -0.917. The van der Waals surface area contributed by atoms with E-state index in [0.717, 1.165) is 28.4 Å². The predicted octanol–water partition coefficient (Wildman–Crippen LogP) is 1.08. The Morgan fingerprint density at radius 3 is 2.46 bits per heavy atom. The molecule has 0 bridgehead atoms. The molecule has 3 rings (SSSR count). The summed E-state index contributed by atoms with van der Waals surface area (Å²) in [4.78, 5) is 13.2. The fourth-order valence-electron chi connectivity index (χ4n) is 3.03. The Morgan fingerprint density at radius 1 is 1.18 bits per heavy atom. The number of carbonyl (C=O) groups is 1. The molecule has 28 heavy (non-hydrogen) atoms. The van der Waals surface area contributed by atoms with Crippen LogP contribution in [-0.2, 0) is 14.8 Å². The summed E-state index contributed by atoms with van der Waals surface area (Å²) in [5.74, 6) is -5.00. The van der Waals surface area contributed by atoms with Crippen LogP contribution in [0.5, 0.6) is 0 Å². The molecule has 1 amide bonds. The highest BCUT2D eigenvalue weighted by Gasteiger charge is 2.35. The number of hydrogen-bond donors (Lipinski definition) is 2. The van der Waals surface area contributed by atoms with E-state index in [9.17, 15) is 26.4 Å². The number of thiophene rings is 1. The van der Waals surface area contributed by atoms with Gasteiger partial charge >= 0.3 is 0 Å². The molecule has 1 aliphatic heterocycles. The lowest BCUT2D eigenvalue weighted by Crippen LogP contribution is -3.19. The minimum atomic E-state index is -3.54. The van der Waals surface area contributed by atoms with E-state index >= 15 is 0 Å². The second-order valence-corrected chi connectivity index (χ2v) is 9.54. The molecule has 0 spiro atoms. The number of carbonyl (C=O) groups excluding carboxylic acids is 1. The van der Waals surface area contributed by atoms with Gasteiger partial charge in [-0.25, -0.2) is 21.6 Å². The first-order valence-electron chi connectivity index (χ1n) is 8.54. The Labute approximate surface area is 164 Å². The van der Waals surface area contributed by atoms with Crippen LogP contribution in [0.2, 0.25) is 0 Å². The SMILES string of the molecule is C[C@H](C(=O)Nc1ccc(F)c(F)c1F)[NH+]1CCN(S(=O)(=O)c2cccs2)CC1. The molecule has 1 fully saturated rings. The van der Waals surface area contributed by atoms with Gasteiger partial charge in [0.05, 0.1) is 31.9 Å². The number of sulfonamides is 1. The maximum Gasteiger partial charge on any atom is 0.282 e. The summed E-state index contributed by atoms with van der Waals surface area (Å²) in [6.45, 7) is 2.88. The first-order valence-corrected chi connectivity index (χ1v) is 10.9. The van der Waals surface area contributed by atoms with Crippen LogP contribution in [-0.4, -0.2) is 50.9 Å². The van der Waals surface area contributed by atoms with Gasteiger partial charge in [-0.05, 0) is 30.5 Å². The van der Waals surface area contributed by atoms with Crippen LogP contribution in [0, 0.1) is 17.5 Å². The molecule has 2 N–H and O–H groups in total. The third-order valence-corrected chi connectivity index (χ3v) is 8.02. The van der Waals surface area contributed by atoms with Crippen molar-refractivity contribution in [1.82, 2.24) is 4.31 Å². The van der Waals surface area contributed by atoms with Crippen LogP contribution in [0.4, 0.5) is 18.9 Å². The predicted molar refractivity (Wildman–Crippen MR) is 98.2 cm³/mol. The number of halogens is 3. The molecule has 0 radical (unpaired) electrons. The summed E-state index contributed by atoms with van der Waals surface area (Å²) in [5.41, 5.74) is -0.436. The Balaban J connectivity index is 1.61. The van der Waals surface area contributed by atoms with Gasteiger partial charge in [0.1, 0.15) is 4.21 Å². The highest BCUT2D eigenvalue weighted by molar-refractivity contribution is 7.91. The number of benzene rings is 1. The van der Waals surface area contributed by atoms with Crippen LogP contribution >= 0.6 is 11.3 Å². The van der Waals surface area contributed by atoms with Gasteiger partial charge in [-0.3, -0.25) is 4.79 Å². The number of nitrogens with one attached hydrogen (secondary N) is 2. The fourth-order valence-corrected chi connectivity index (χ4v) is 5.62. The van der Waals surface area contributed by atoms with Crippen LogP contribution < -0.4 is 10.2 Å². The van der Waals surface area contributed by atoms with Gasteiger partial charge in [0.25, 0.3) is 15.9 Å². The van der Waals surface area contributed by atoms with Crippen molar-refractivity contribution in [2.24, 2.45) is 0 Å². The monoisotopic (exact) mass is 434 g/mol.